The highest BCUT2D eigenvalue weighted by molar-refractivity contribution is 6.04. The van der Waals surface area contributed by atoms with Gasteiger partial charge in [-0.1, -0.05) is 60.7 Å². The van der Waals surface area contributed by atoms with Gasteiger partial charge in [-0.25, -0.2) is 28.8 Å². The second-order valence-electron chi connectivity index (χ2n) is 11.3. The minimum atomic E-state index is -0.958. The zero-order chi connectivity index (χ0) is 36.8. The third-order valence-corrected chi connectivity index (χ3v) is 7.02. The van der Waals surface area contributed by atoms with Crippen molar-refractivity contribution in [2.45, 2.75) is 39.1 Å². The normalized spacial score (nSPS) is 12.3. The van der Waals surface area contributed by atoms with Crippen molar-refractivity contribution >= 4 is 35.8 Å². The van der Waals surface area contributed by atoms with Gasteiger partial charge in [0.25, 0.3) is 0 Å². The Labute approximate surface area is 294 Å². The Bertz CT molecular complexity index is 1840. The van der Waals surface area contributed by atoms with Gasteiger partial charge in [-0.3, -0.25) is 0 Å². The number of rotatable bonds is 15. The molecule has 0 aliphatic carbocycles. The van der Waals surface area contributed by atoms with Gasteiger partial charge in [-0.15, -0.1) is 0 Å². The van der Waals surface area contributed by atoms with Gasteiger partial charge in [0.1, 0.15) is 38.1 Å². The molecule has 0 aliphatic heterocycles. The fourth-order valence-corrected chi connectivity index (χ4v) is 4.49. The summed E-state index contributed by atoms with van der Waals surface area (Å²) in [6.07, 6.45) is -2.61. The first-order valence-electron chi connectivity index (χ1n) is 16.0. The van der Waals surface area contributed by atoms with Crippen molar-refractivity contribution in [3.05, 3.63) is 143 Å². The quantitative estimate of drug-likeness (QED) is 0.107. The zero-order valence-corrected chi connectivity index (χ0v) is 28.1. The highest BCUT2D eigenvalue weighted by atomic mass is 16.6. The summed E-state index contributed by atoms with van der Waals surface area (Å²) >= 11 is 0. The Kier molecular flexibility index (Phi) is 13.6. The van der Waals surface area contributed by atoms with Gasteiger partial charge in [0.15, 0.2) is 0 Å². The van der Waals surface area contributed by atoms with E-state index < -0.39 is 54.1 Å². The monoisotopic (exact) mass is 696 g/mol. The van der Waals surface area contributed by atoms with Crippen molar-refractivity contribution in [2.75, 3.05) is 19.8 Å². The lowest BCUT2D eigenvalue weighted by molar-refractivity contribution is 0.00130. The van der Waals surface area contributed by atoms with Crippen LogP contribution in [0.15, 0.2) is 109 Å². The summed E-state index contributed by atoms with van der Waals surface area (Å²) < 4.78 is 32.0. The second-order valence-corrected chi connectivity index (χ2v) is 11.3. The lowest BCUT2D eigenvalue weighted by Gasteiger charge is -2.17. The molecular formula is C39H36O12. The average Bonchev–Trinajstić information content (AvgIpc) is 3.15. The molecule has 12 heteroatoms. The van der Waals surface area contributed by atoms with Crippen LogP contribution in [0.3, 0.4) is 0 Å². The Balaban J connectivity index is 1.27. The van der Waals surface area contributed by atoms with E-state index in [9.17, 15) is 28.8 Å². The molecule has 0 saturated heterocycles. The van der Waals surface area contributed by atoms with Crippen LogP contribution in [0.4, 0.5) is 0 Å². The lowest BCUT2D eigenvalue weighted by Crippen LogP contribution is -2.26. The van der Waals surface area contributed by atoms with Crippen molar-refractivity contribution in [1.29, 1.82) is 0 Å². The third-order valence-electron chi connectivity index (χ3n) is 7.02. The number of benzene rings is 4. The van der Waals surface area contributed by atoms with Gasteiger partial charge in [-0.05, 0) is 69.3 Å². The number of carbonyl (C=O) groups excluding carboxylic acids is 6. The van der Waals surface area contributed by atoms with E-state index in [0.29, 0.717) is 11.1 Å². The standard InChI is InChI=1S/C39H36O12/c1-25(22-46-34(40)28-14-6-4-7-15-28)49-37(43)31-19-11-10-18-30(31)36(42)48-24-27(3)51-39(45)33-21-13-12-20-32(33)38(44)50-26(2)23-47-35(41)29-16-8-5-9-17-29/h4-21,25-27H,22-24H2,1-3H3. The number of esters is 6. The van der Waals surface area contributed by atoms with E-state index in [1.807, 2.05) is 0 Å². The molecule has 51 heavy (non-hydrogen) atoms. The summed E-state index contributed by atoms with van der Waals surface area (Å²) in [5.41, 5.74) is 0.355. The topological polar surface area (TPSA) is 158 Å². The van der Waals surface area contributed by atoms with Crippen LogP contribution in [-0.2, 0) is 28.4 Å². The van der Waals surface area contributed by atoms with E-state index >= 15 is 0 Å². The Morgan fingerprint density at radius 3 is 0.941 bits per heavy atom. The fraction of sp³-hybridized carbons (Fsp3) is 0.231. The molecule has 4 aromatic carbocycles. The first kappa shape index (κ1) is 37.5. The van der Waals surface area contributed by atoms with Gasteiger partial charge in [0.2, 0.25) is 0 Å². The highest BCUT2D eigenvalue weighted by Crippen LogP contribution is 2.17. The first-order valence-corrected chi connectivity index (χ1v) is 16.0. The van der Waals surface area contributed by atoms with Gasteiger partial charge in [0.05, 0.1) is 33.4 Å². The Morgan fingerprint density at radius 2 is 0.627 bits per heavy atom. The van der Waals surface area contributed by atoms with Crippen molar-refractivity contribution in [3.8, 4) is 0 Å². The van der Waals surface area contributed by atoms with Crippen LogP contribution in [-0.4, -0.2) is 73.9 Å². The molecule has 3 unspecified atom stereocenters. The Hall–Kier alpha value is -6.30. The van der Waals surface area contributed by atoms with Crippen LogP contribution < -0.4 is 0 Å². The van der Waals surface area contributed by atoms with Crippen LogP contribution in [0.5, 0.6) is 0 Å². The van der Waals surface area contributed by atoms with E-state index in [2.05, 4.69) is 0 Å². The number of hydrogen-bond donors (Lipinski definition) is 0. The third kappa shape index (κ3) is 11.1. The van der Waals surface area contributed by atoms with E-state index in [0.717, 1.165) is 0 Å². The van der Waals surface area contributed by atoms with Crippen LogP contribution in [0.1, 0.15) is 82.9 Å². The minimum Gasteiger partial charge on any atom is -0.458 e. The molecule has 0 N–H and O–H groups in total. The van der Waals surface area contributed by atoms with Crippen LogP contribution in [0, 0.1) is 0 Å². The molecule has 264 valence electrons. The van der Waals surface area contributed by atoms with Gasteiger partial charge in [-0.2, -0.15) is 0 Å². The first-order chi connectivity index (χ1) is 24.5. The van der Waals surface area contributed by atoms with Crippen molar-refractivity contribution < 1.29 is 57.2 Å². The fourth-order valence-electron chi connectivity index (χ4n) is 4.49. The smallest absolute Gasteiger partial charge is 0.339 e. The molecular weight excluding hydrogens is 660 g/mol. The van der Waals surface area contributed by atoms with Crippen molar-refractivity contribution in [2.24, 2.45) is 0 Å². The van der Waals surface area contributed by atoms with Crippen LogP contribution in [0.25, 0.3) is 0 Å². The summed E-state index contributed by atoms with van der Waals surface area (Å²) in [4.78, 5) is 76.3. The molecule has 0 fully saturated rings. The predicted molar refractivity (Wildman–Crippen MR) is 181 cm³/mol. The maximum Gasteiger partial charge on any atom is 0.339 e. The van der Waals surface area contributed by atoms with Crippen molar-refractivity contribution in [3.63, 3.8) is 0 Å². The second kappa shape index (κ2) is 18.5. The lowest BCUT2D eigenvalue weighted by atomic mass is 10.1. The molecule has 3 atom stereocenters. The predicted octanol–water partition coefficient (Wildman–Crippen LogP) is 5.89. The summed E-state index contributed by atoms with van der Waals surface area (Å²) in [5.74, 6) is -4.57. The van der Waals surface area contributed by atoms with E-state index in [4.69, 9.17) is 28.4 Å². The number of carbonyl (C=O) groups is 6. The largest absolute Gasteiger partial charge is 0.458 e. The molecule has 12 nitrogen and oxygen atoms in total. The highest BCUT2D eigenvalue weighted by Gasteiger charge is 2.25. The van der Waals surface area contributed by atoms with E-state index in [1.165, 1.54) is 57.2 Å². The SMILES string of the molecule is CC(COC(=O)c1ccccc1)OC(=O)c1ccccc1C(=O)OCC(C)OC(=O)c1ccccc1C(=O)OC(C)COC(=O)c1ccccc1. The molecule has 0 amide bonds. The molecule has 4 aromatic rings. The van der Waals surface area contributed by atoms with Crippen molar-refractivity contribution in [1.82, 2.24) is 0 Å². The maximum absolute atomic E-state index is 13.0. The minimum absolute atomic E-state index is 0.0788. The van der Waals surface area contributed by atoms with E-state index in [-0.39, 0.29) is 42.1 Å². The summed E-state index contributed by atoms with van der Waals surface area (Å²) in [7, 11) is 0. The van der Waals surface area contributed by atoms with Crippen LogP contribution >= 0.6 is 0 Å². The van der Waals surface area contributed by atoms with E-state index in [1.54, 1.807) is 72.8 Å². The molecule has 0 aromatic heterocycles. The van der Waals surface area contributed by atoms with Crippen LogP contribution in [0.2, 0.25) is 0 Å². The number of hydrogen-bond acceptors (Lipinski definition) is 12. The van der Waals surface area contributed by atoms with Gasteiger partial charge in [0, 0.05) is 0 Å². The summed E-state index contributed by atoms with van der Waals surface area (Å²) in [6.45, 7) is 3.76. The number of ether oxygens (including phenoxy) is 6. The van der Waals surface area contributed by atoms with Gasteiger partial charge >= 0.3 is 35.8 Å². The molecule has 0 bridgehead atoms. The maximum atomic E-state index is 13.0. The molecule has 0 heterocycles. The zero-order valence-electron chi connectivity index (χ0n) is 28.1. The molecule has 0 aliphatic rings. The molecule has 4 rings (SSSR count). The molecule has 0 spiro atoms. The molecule has 0 radical (unpaired) electrons. The van der Waals surface area contributed by atoms with Gasteiger partial charge < -0.3 is 28.4 Å². The molecule has 0 saturated carbocycles. The summed E-state index contributed by atoms with van der Waals surface area (Å²) in [5, 5.41) is 0. The average molecular weight is 697 g/mol. The Morgan fingerprint density at radius 1 is 0.373 bits per heavy atom. The summed E-state index contributed by atoms with van der Waals surface area (Å²) in [6, 6.07) is 28.3.